The molecule has 1 atom stereocenters. The van der Waals surface area contributed by atoms with Crippen LogP contribution in [0, 0.1) is 0 Å². The molecule has 0 aliphatic carbocycles. The van der Waals surface area contributed by atoms with Gasteiger partial charge in [-0.15, -0.1) is 0 Å². The average molecular weight is 276 g/mol. The van der Waals surface area contributed by atoms with Crippen LogP contribution in [0.15, 0.2) is 24.3 Å². The molecule has 0 bridgehead atoms. The monoisotopic (exact) mass is 276 g/mol. The minimum absolute atomic E-state index is 0.147. The number of para-hydroxylation sites is 1. The van der Waals surface area contributed by atoms with Gasteiger partial charge in [0.25, 0.3) is 0 Å². The molecule has 0 spiro atoms. The molecule has 0 radical (unpaired) electrons. The first kappa shape index (κ1) is 14.9. The molecule has 4 heteroatoms. The van der Waals surface area contributed by atoms with Gasteiger partial charge in [0.1, 0.15) is 5.75 Å². The summed E-state index contributed by atoms with van der Waals surface area (Å²) in [6.45, 7) is 8.48. The van der Waals surface area contributed by atoms with Gasteiger partial charge in [-0.1, -0.05) is 18.2 Å². The summed E-state index contributed by atoms with van der Waals surface area (Å²) in [6.07, 6.45) is 0. The molecule has 1 aliphatic heterocycles. The van der Waals surface area contributed by atoms with Crippen LogP contribution in [-0.2, 0) is 4.79 Å². The van der Waals surface area contributed by atoms with Gasteiger partial charge < -0.3 is 9.64 Å². The van der Waals surface area contributed by atoms with E-state index in [4.69, 9.17) is 4.74 Å². The third-order valence-corrected chi connectivity index (χ3v) is 4.03. The zero-order valence-corrected chi connectivity index (χ0v) is 12.8. The van der Waals surface area contributed by atoms with Crippen molar-refractivity contribution in [3.05, 3.63) is 29.8 Å². The molecular weight excluding hydrogens is 252 g/mol. The number of carbonyl (C=O) groups excluding carboxylic acids is 1. The van der Waals surface area contributed by atoms with Crippen molar-refractivity contribution < 1.29 is 9.53 Å². The summed E-state index contributed by atoms with van der Waals surface area (Å²) in [5.74, 6) is 1.04. The molecule has 20 heavy (non-hydrogen) atoms. The quantitative estimate of drug-likeness (QED) is 0.849. The summed E-state index contributed by atoms with van der Waals surface area (Å²) < 4.78 is 5.49. The van der Waals surface area contributed by atoms with E-state index in [1.165, 1.54) is 0 Å². The highest BCUT2D eigenvalue weighted by molar-refractivity contribution is 5.73. The average Bonchev–Trinajstić information content (AvgIpc) is 2.46. The summed E-state index contributed by atoms with van der Waals surface area (Å²) in [4.78, 5) is 16.1. The fraction of sp³-hybridized carbons (Fsp3) is 0.562. The molecule has 0 aromatic heterocycles. The molecule has 0 saturated carbocycles. The second kappa shape index (κ2) is 6.27. The van der Waals surface area contributed by atoms with Gasteiger partial charge in [0.2, 0.25) is 5.91 Å². The normalized spacial score (nSPS) is 20.2. The van der Waals surface area contributed by atoms with Crippen LogP contribution < -0.4 is 4.74 Å². The first-order valence-corrected chi connectivity index (χ1v) is 7.18. The highest BCUT2D eigenvalue weighted by atomic mass is 16.5. The van der Waals surface area contributed by atoms with Gasteiger partial charge >= 0.3 is 0 Å². The first-order chi connectivity index (χ1) is 9.54. The van der Waals surface area contributed by atoms with Crippen molar-refractivity contribution >= 4 is 5.91 Å². The topological polar surface area (TPSA) is 32.8 Å². The van der Waals surface area contributed by atoms with Gasteiger partial charge in [0.05, 0.1) is 13.2 Å². The number of hydrogen-bond acceptors (Lipinski definition) is 3. The number of rotatable bonds is 3. The molecule has 1 saturated heterocycles. The van der Waals surface area contributed by atoms with Gasteiger partial charge in [0.15, 0.2) is 0 Å². The van der Waals surface area contributed by atoms with E-state index in [1.54, 1.807) is 14.0 Å². The maximum absolute atomic E-state index is 11.7. The van der Waals surface area contributed by atoms with Crippen molar-refractivity contribution in [2.75, 3.05) is 26.7 Å². The van der Waals surface area contributed by atoms with E-state index in [2.05, 4.69) is 24.8 Å². The van der Waals surface area contributed by atoms with E-state index < -0.39 is 0 Å². The molecule has 1 fully saturated rings. The summed E-state index contributed by atoms with van der Waals surface area (Å²) in [6, 6.07) is 8.74. The standard InChI is InChI=1S/C16H24N2O2/c1-12(2)18-10-9-17(13(3)19)11-15(18)14-7-5-6-8-16(14)20-4/h5-8,12,15H,9-11H2,1-4H3. The molecule has 2 rings (SSSR count). The third-order valence-electron chi connectivity index (χ3n) is 4.03. The molecular formula is C16H24N2O2. The van der Waals surface area contributed by atoms with Crippen LogP contribution in [0.2, 0.25) is 0 Å². The van der Waals surface area contributed by atoms with Gasteiger partial charge in [-0.25, -0.2) is 0 Å². The Hall–Kier alpha value is -1.55. The zero-order chi connectivity index (χ0) is 14.7. The summed E-state index contributed by atoms with van der Waals surface area (Å²) in [5.41, 5.74) is 1.16. The number of nitrogens with zero attached hydrogens (tertiary/aromatic N) is 2. The molecule has 1 aliphatic rings. The highest BCUT2D eigenvalue weighted by Crippen LogP contribution is 2.33. The van der Waals surface area contributed by atoms with Crippen LogP contribution in [-0.4, -0.2) is 48.5 Å². The number of hydrogen-bond donors (Lipinski definition) is 0. The molecule has 1 heterocycles. The van der Waals surface area contributed by atoms with Crippen molar-refractivity contribution in [1.82, 2.24) is 9.80 Å². The van der Waals surface area contributed by atoms with Gasteiger partial charge in [-0.3, -0.25) is 9.69 Å². The number of carbonyl (C=O) groups is 1. The number of benzene rings is 1. The van der Waals surface area contributed by atoms with Crippen LogP contribution in [0.25, 0.3) is 0 Å². The van der Waals surface area contributed by atoms with Crippen molar-refractivity contribution in [1.29, 1.82) is 0 Å². The largest absolute Gasteiger partial charge is 0.496 e. The van der Waals surface area contributed by atoms with E-state index in [-0.39, 0.29) is 11.9 Å². The van der Waals surface area contributed by atoms with E-state index in [0.29, 0.717) is 6.04 Å². The predicted octanol–water partition coefficient (Wildman–Crippen LogP) is 2.31. The summed E-state index contributed by atoms with van der Waals surface area (Å²) >= 11 is 0. The van der Waals surface area contributed by atoms with Crippen LogP contribution >= 0.6 is 0 Å². The maximum Gasteiger partial charge on any atom is 0.219 e. The first-order valence-electron chi connectivity index (χ1n) is 7.18. The van der Waals surface area contributed by atoms with Gasteiger partial charge in [0, 0.05) is 38.2 Å². The summed E-state index contributed by atoms with van der Waals surface area (Å²) in [5, 5.41) is 0. The van der Waals surface area contributed by atoms with Gasteiger partial charge in [-0.2, -0.15) is 0 Å². The molecule has 1 aromatic rings. The second-order valence-corrected chi connectivity index (χ2v) is 5.55. The zero-order valence-electron chi connectivity index (χ0n) is 12.8. The fourth-order valence-corrected chi connectivity index (χ4v) is 2.92. The lowest BCUT2D eigenvalue weighted by atomic mass is 9.99. The molecule has 1 amide bonds. The molecule has 110 valence electrons. The Labute approximate surface area is 121 Å². The summed E-state index contributed by atoms with van der Waals surface area (Å²) in [7, 11) is 1.70. The number of piperazine rings is 1. The van der Waals surface area contributed by atoms with Crippen molar-refractivity contribution in [3.63, 3.8) is 0 Å². The minimum atomic E-state index is 0.147. The predicted molar refractivity (Wildman–Crippen MR) is 79.8 cm³/mol. The maximum atomic E-state index is 11.7. The molecule has 4 nitrogen and oxygen atoms in total. The minimum Gasteiger partial charge on any atom is -0.496 e. The van der Waals surface area contributed by atoms with Crippen LogP contribution in [0.5, 0.6) is 5.75 Å². The Kier molecular flexibility index (Phi) is 4.65. The molecule has 1 unspecified atom stereocenters. The Morgan fingerprint density at radius 2 is 2.00 bits per heavy atom. The number of methoxy groups -OCH3 is 1. The number of amides is 1. The Bertz CT molecular complexity index is 473. The Balaban J connectivity index is 2.33. The second-order valence-electron chi connectivity index (χ2n) is 5.55. The Morgan fingerprint density at radius 3 is 2.60 bits per heavy atom. The van der Waals surface area contributed by atoms with Crippen LogP contribution in [0.4, 0.5) is 0 Å². The third kappa shape index (κ3) is 2.96. The fourth-order valence-electron chi connectivity index (χ4n) is 2.92. The smallest absolute Gasteiger partial charge is 0.219 e. The van der Waals surface area contributed by atoms with E-state index in [9.17, 15) is 4.79 Å². The van der Waals surface area contributed by atoms with Crippen molar-refractivity contribution in [2.24, 2.45) is 0 Å². The van der Waals surface area contributed by atoms with E-state index in [0.717, 1.165) is 30.9 Å². The lowest BCUT2D eigenvalue weighted by Gasteiger charge is -2.43. The lowest BCUT2D eigenvalue weighted by molar-refractivity contribution is -0.132. The SMILES string of the molecule is COc1ccccc1C1CN(C(C)=O)CCN1C(C)C. The van der Waals surface area contributed by atoms with E-state index >= 15 is 0 Å². The van der Waals surface area contributed by atoms with Crippen LogP contribution in [0.3, 0.4) is 0 Å². The van der Waals surface area contributed by atoms with Crippen molar-refractivity contribution in [3.8, 4) is 5.75 Å². The lowest BCUT2D eigenvalue weighted by Crippen LogP contribution is -2.52. The van der Waals surface area contributed by atoms with E-state index in [1.807, 2.05) is 23.1 Å². The van der Waals surface area contributed by atoms with Gasteiger partial charge in [-0.05, 0) is 19.9 Å². The van der Waals surface area contributed by atoms with Crippen molar-refractivity contribution in [2.45, 2.75) is 32.9 Å². The Morgan fingerprint density at radius 1 is 1.30 bits per heavy atom. The van der Waals surface area contributed by atoms with Crippen LogP contribution in [0.1, 0.15) is 32.4 Å². The molecule has 0 N–H and O–H groups in total. The molecule has 1 aromatic carbocycles. The highest BCUT2D eigenvalue weighted by Gasteiger charge is 2.32. The number of ether oxygens (including phenoxy) is 1.